The lowest BCUT2D eigenvalue weighted by Crippen LogP contribution is -2.53. The van der Waals surface area contributed by atoms with E-state index in [1.165, 1.54) is 12.1 Å². The molecule has 1 amide bonds. The number of carbonyl (C=O) groups excluding carboxylic acids is 1. The van der Waals surface area contributed by atoms with Gasteiger partial charge in [0, 0.05) is 44.1 Å². The maximum absolute atomic E-state index is 13.5. The highest BCUT2D eigenvalue weighted by atomic mass is 19.1. The number of amides is 1. The Morgan fingerprint density at radius 2 is 2.23 bits per heavy atom. The molecule has 0 spiro atoms. The Morgan fingerprint density at radius 1 is 1.38 bits per heavy atom. The Balaban J connectivity index is 1.78. The number of hydrogen-bond acceptors (Lipinski definition) is 5. The number of halogens is 1. The van der Waals surface area contributed by atoms with Crippen molar-refractivity contribution < 1.29 is 13.9 Å². The molecule has 3 rings (SSSR count). The first kappa shape index (κ1) is 18.1. The fourth-order valence-electron chi connectivity index (χ4n) is 3.42. The van der Waals surface area contributed by atoms with E-state index >= 15 is 0 Å². The van der Waals surface area contributed by atoms with Crippen LogP contribution in [0.5, 0.6) is 5.88 Å². The van der Waals surface area contributed by atoms with Gasteiger partial charge < -0.3 is 15.4 Å². The fourth-order valence-corrected chi connectivity index (χ4v) is 3.42. The highest BCUT2D eigenvalue weighted by Crippen LogP contribution is 2.29. The van der Waals surface area contributed by atoms with Crippen molar-refractivity contribution in [2.24, 2.45) is 0 Å². The van der Waals surface area contributed by atoms with Crippen LogP contribution in [0.4, 0.5) is 10.1 Å². The number of hydrogen-bond donors (Lipinski definition) is 2. The zero-order valence-corrected chi connectivity index (χ0v) is 15.0. The molecule has 1 atom stereocenters. The molecule has 7 heteroatoms. The SMILES string of the molecule is CNC(=O)C1(Nc2cccc(F)c2)CCN(Cc2cccnc2OC)C1. The lowest BCUT2D eigenvalue weighted by molar-refractivity contribution is -0.124. The van der Waals surface area contributed by atoms with Crippen molar-refractivity contribution >= 4 is 11.6 Å². The lowest BCUT2D eigenvalue weighted by Gasteiger charge is -2.30. The van der Waals surface area contributed by atoms with Gasteiger partial charge in [-0.05, 0) is 30.7 Å². The number of likely N-dealkylation sites (tertiary alicyclic amines) is 1. The fraction of sp³-hybridized carbons (Fsp3) is 0.368. The number of rotatable bonds is 6. The number of pyridine rings is 1. The lowest BCUT2D eigenvalue weighted by atomic mass is 9.96. The monoisotopic (exact) mass is 358 g/mol. The zero-order valence-electron chi connectivity index (χ0n) is 15.0. The van der Waals surface area contributed by atoms with E-state index in [1.807, 2.05) is 12.1 Å². The summed E-state index contributed by atoms with van der Waals surface area (Å²) in [6.45, 7) is 1.86. The third kappa shape index (κ3) is 3.77. The van der Waals surface area contributed by atoms with Gasteiger partial charge in [0.05, 0.1) is 7.11 Å². The molecule has 138 valence electrons. The summed E-state index contributed by atoms with van der Waals surface area (Å²) in [7, 11) is 3.21. The molecule has 0 bridgehead atoms. The van der Waals surface area contributed by atoms with Crippen LogP contribution >= 0.6 is 0 Å². The van der Waals surface area contributed by atoms with Gasteiger partial charge in [0.2, 0.25) is 11.8 Å². The van der Waals surface area contributed by atoms with Crippen LogP contribution in [-0.4, -0.2) is 48.6 Å². The number of nitrogens with one attached hydrogen (secondary N) is 2. The summed E-state index contributed by atoms with van der Waals surface area (Å²) < 4.78 is 18.8. The summed E-state index contributed by atoms with van der Waals surface area (Å²) in [5.41, 5.74) is 0.751. The predicted octanol–water partition coefficient (Wildman–Crippen LogP) is 2.03. The molecular weight excluding hydrogens is 335 g/mol. The molecule has 0 saturated carbocycles. The van der Waals surface area contributed by atoms with Crippen LogP contribution in [0.15, 0.2) is 42.6 Å². The van der Waals surface area contributed by atoms with Crippen LogP contribution < -0.4 is 15.4 Å². The normalized spacial score (nSPS) is 20.0. The molecule has 1 unspecified atom stereocenters. The molecular formula is C19H23FN4O2. The van der Waals surface area contributed by atoms with Gasteiger partial charge in [-0.3, -0.25) is 9.69 Å². The van der Waals surface area contributed by atoms with Gasteiger partial charge in [-0.2, -0.15) is 0 Å². The summed E-state index contributed by atoms with van der Waals surface area (Å²) in [6.07, 6.45) is 2.30. The van der Waals surface area contributed by atoms with Gasteiger partial charge in [0.15, 0.2) is 0 Å². The molecule has 1 saturated heterocycles. The van der Waals surface area contributed by atoms with Crippen molar-refractivity contribution in [2.75, 3.05) is 32.6 Å². The second-order valence-electron chi connectivity index (χ2n) is 6.43. The molecule has 2 N–H and O–H groups in total. The Hall–Kier alpha value is -2.67. The van der Waals surface area contributed by atoms with Crippen molar-refractivity contribution in [1.82, 2.24) is 15.2 Å². The number of likely N-dealkylation sites (N-methyl/N-ethyl adjacent to an activating group) is 1. The van der Waals surface area contributed by atoms with Crippen molar-refractivity contribution in [2.45, 2.75) is 18.5 Å². The third-order valence-corrected chi connectivity index (χ3v) is 4.66. The van der Waals surface area contributed by atoms with Crippen molar-refractivity contribution in [3.63, 3.8) is 0 Å². The number of methoxy groups -OCH3 is 1. The van der Waals surface area contributed by atoms with Gasteiger partial charge in [-0.15, -0.1) is 0 Å². The van der Waals surface area contributed by atoms with Gasteiger partial charge in [-0.1, -0.05) is 12.1 Å². The van der Waals surface area contributed by atoms with Gasteiger partial charge in [0.1, 0.15) is 11.4 Å². The Labute approximate surface area is 152 Å². The largest absolute Gasteiger partial charge is 0.481 e. The Bertz CT molecular complexity index is 786. The molecule has 1 aliphatic heterocycles. The smallest absolute Gasteiger partial charge is 0.246 e. The summed E-state index contributed by atoms with van der Waals surface area (Å²) in [6, 6.07) is 10.0. The van der Waals surface area contributed by atoms with E-state index in [-0.39, 0.29) is 11.7 Å². The molecule has 0 aliphatic carbocycles. The Morgan fingerprint density at radius 3 is 2.96 bits per heavy atom. The highest BCUT2D eigenvalue weighted by Gasteiger charge is 2.44. The minimum absolute atomic E-state index is 0.109. The number of anilines is 1. The third-order valence-electron chi connectivity index (χ3n) is 4.66. The minimum atomic E-state index is -0.808. The van der Waals surface area contributed by atoms with E-state index in [1.54, 1.807) is 32.5 Å². The number of carbonyl (C=O) groups is 1. The first-order valence-corrected chi connectivity index (χ1v) is 8.52. The maximum atomic E-state index is 13.5. The summed E-state index contributed by atoms with van der Waals surface area (Å²) in [5.74, 6) is 0.141. The molecule has 1 aromatic carbocycles. The number of ether oxygens (including phenoxy) is 1. The van der Waals surface area contributed by atoms with E-state index in [0.29, 0.717) is 31.1 Å². The van der Waals surface area contributed by atoms with Crippen molar-refractivity contribution in [3.05, 3.63) is 54.0 Å². The van der Waals surface area contributed by atoms with Crippen molar-refractivity contribution in [1.29, 1.82) is 0 Å². The average molecular weight is 358 g/mol. The van der Waals surface area contributed by atoms with E-state index in [2.05, 4.69) is 20.5 Å². The van der Waals surface area contributed by atoms with E-state index < -0.39 is 5.54 Å². The predicted molar refractivity (Wildman–Crippen MR) is 97.5 cm³/mol. The molecule has 1 aromatic heterocycles. The van der Waals surface area contributed by atoms with Crippen LogP contribution in [0.3, 0.4) is 0 Å². The van der Waals surface area contributed by atoms with Gasteiger partial charge >= 0.3 is 0 Å². The first-order valence-electron chi connectivity index (χ1n) is 8.52. The quantitative estimate of drug-likeness (QED) is 0.827. The number of benzene rings is 1. The number of nitrogens with zero attached hydrogens (tertiary/aromatic N) is 2. The molecule has 0 radical (unpaired) electrons. The van der Waals surface area contributed by atoms with Crippen molar-refractivity contribution in [3.8, 4) is 5.88 Å². The second-order valence-corrected chi connectivity index (χ2v) is 6.43. The minimum Gasteiger partial charge on any atom is -0.481 e. The average Bonchev–Trinajstić information content (AvgIpc) is 3.05. The second kappa shape index (κ2) is 7.70. The molecule has 2 aromatic rings. The van der Waals surface area contributed by atoms with Crippen LogP contribution in [-0.2, 0) is 11.3 Å². The molecule has 26 heavy (non-hydrogen) atoms. The zero-order chi connectivity index (χ0) is 18.6. The maximum Gasteiger partial charge on any atom is 0.246 e. The van der Waals surface area contributed by atoms with Crippen LogP contribution in [0.2, 0.25) is 0 Å². The van der Waals surface area contributed by atoms with Gasteiger partial charge in [0.25, 0.3) is 0 Å². The van der Waals surface area contributed by atoms with E-state index in [0.717, 1.165) is 12.1 Å². The number of aromatic nitrogens is 1. The molecule has 1 fully saturated rings. The topological polar surface area (TPSA) is 66.5 Å². The standard InChI is InChI=1S/C19H23FN4O2/c1-21-18(25)19(23-16-7-3-6-15(20)11-16)8-10-24(13-19)12-14-5-4-9-22-17(14)26-2/h3-7,9,11,23H,8,10,12-13H2,1-2H3,(H,21,25). The summed E-state index contributed by atoms with van der Waals surface area (Å²) in [4.78, 5) is 19.0. The van der Waals surface area contributed by atoms with E-state index in [9.17, 15) is 9.18 Å². The van der Waals surface area contributed by atoms with E-state index in [4.69, 9.17) is 4.74 Å². The van der Waals surface area contributed by atoms with Gasteiger partial charge in [-0.25, -0.2) is 9.37 Å². The Kier molecular flexibility index (Phi) is 5.37. The van der Waals surface area contributed by atoms with Crippen LogP contribution in [0, 0.1) is 5.82 Å². The highest BCUT2D eigenvalue weighted by molar-refractivity contribution is 5.90. The molecule has 6 nitrogen and oxygen atoms in total. The first-order chi connectivity index (χ1) is 12.6. The molecule has 1 aliphatic rings. The summed E-state index contributed by atoms with van der Waals surface area (Å²) in [5, 5.41) is 5.98. The summed E-state index contributed by atoms with van der Waals surface area (Å²) >= 11 is 0. The molecule has 2 heterocycles. The van der Waals surface area contributed by atoms with Crippen LogP contribution in [0.1, 0.15) is 12.0 Å². The van der Waals surface area contributed by atoms with Crippen LogP contribution in [0.25, 0.3) is 0 Å².